The fourth-order valence-corrected chi connectivity index (χ4v) is 1.14. The predicted octanol–water partition coefficient (Wildman–Crippen LogP) is 2.14. The van der Waals surface area contributed by atoms with Gasteiger partial charge >= 0.3 is 0 Å². The molecule has 3 N–H and O–H groups in total. The van der Waals surface area contributed by atoms with Gasteiger partial charge in [-0.2, -0.15) is 0 Å². The van der Waals surface area contributed by atoms with Crippen LogP contribution in [-0.2, 0) is 6.42 Å². The molecule has 1 unspecified atom stereocenters. The van der Waals surface area contributed by atoms with Gasteiger partial charge in [-0.1, -0.05) is 6.92 Å². The molecule has 0 radical (unpaired) electrons. The zero-order chi connectivity index (χ0) is 11.1. The molecule has 0 saturated carbocycles. The zero-order valence-electron chi connectivity index (χ0n) is 9.77. The van der Waals surface area contributed by atoms with Gasteiger partial charge in [-0.3, -0.25) is 4.99 Å². The first-order valence-electron chi connectivity index (χ1n) is 5.31. The molecule has 0 fully saturated rings. The third-order valence-electron chi connectivity index (χ3n) is 2.23. The van der Waals surface area contributed by atoms with Crippen molar-refractivity contribution in [2.24, 2.45) is 10.7 Å². The molecule has 0 aliphatic heterocycles. The number of hydrogen-bond donors (Lipinski definition) is 2. The minimum absolute atomic E-state index is 0. The van der Waals surface area contributed by atoms with Crippen molar-refractivity contribution in [1.29, 1.82) is 0 Å². The molecule has 0 spiro atoms. The lowest BCUT2D eigenvalue weighted by Crippen LogP contribution is -2.38. The third kappa shape index (κ3) is 5.99. The summed E-state index contributed by atoms with van der Waals surface area (Å²) in [5, 5.41) is 3.11. The molecule has 1 rings (SSSR count). The van der Waals surface area contributed by atoms with Crippen molar-refractivity contribution in [1.82, 2.24) is 5.32 Å². The van der Waals surface area contributed by atoms with E-state index >= 15 is 0 Å². The Morgan fingerprint density at radius 2 is 2.38 bits per heavy atom. The number of nitrogens with zero attached hydrogens (tertiary/aromatic N) is 1. The Morgan fingerprint density at radius 3 is 2.94 bits per heavy atom. The molecule has 1 aromatic rings. The quantitative estimate of drug-likeness (QED) is 0.492. The maximum atomic E-state index is 5.70. The largest absolute Gasteiger partial charge is 0.469 e. The Morgan fingerprint density at radius 1 is 1.62 bits per heavy atom. The van der Waals surface area contributed by atoms with Gasteiger partial charge in [0.1, 0.15) is 5.76 Å². The molecule has 1 atom stereocenters. The Bertz CT molecular complexity index is 298. The molecule has 16 heavy (non-hydrogen) atoms. The van der Waals surface area contributed by atoms with Gasteiger partial charge in [-0.15, -0.1) is 24.0 Å². The predicted molar refractivity (Wildman–Crippen MR) is 77.2 cm³/mol. The van der Waals surface area contributed by atoms with Gasteiger partial charge in [-0.25, -0.2) is 0 Å². The second-order valence-corrected chi connectivity index (χ2v) is 3.55. The van der Waals surface area contributed by atoms with E-state index in [9.17, 15) is 0 Å². The number of halogens is 1. The van der Waals surface area contributed by atoms with Crippen molar-refractivity contribution < 1.29 is 4.42 Å². The summed E-state index contributed by atoms with van der Waals surface area (Å²) in [6.45, 7) is 4.84. The van der Waals surface area contributed by atoms with Crippen LogP contribution in [0.4, 0.5) is 0 Å². The van der Waals surface area contributed by atoms with Crippen LogP contribution in [0.25, 0.3) is 0 Å². The van der Waals surface area contributed by atoms with E-state index < -0.39 is 0 Å². The van der Waals surface area contributed by atoms with Crippen LogP contribution in [0.3, 0.4) is 0 Å². The Hall–Kier alpha value is -0.720. The molecule has 0 bridgehead atoms. The van der Waals surface area contributed by atoms with E-state index in [1.807, 2.05) is 12.1 Å². The number of nitrogens with one attached hydrogen (secondary N) is 1. The maximum absolute atomic E-state index is 5.70. The van der Waals surface area contributed by atoms with Crippen LogP contribution in [0.5, 0.6) is 0 Å². The van der Waals surface area contributed by atoms with Crippen LogP contribution in [-0.4, -0.2) is 18.5 Å². The molecule has 0 amide bonds. The first kappa shape index (κ1) is 15.3. The maximum Gasteiger partial charge on any atom is 0.188 e. The highest BCUT2D eigenvalue weighted by molar-refractivity contribution is 14.0. The average molecular weight is 337 g/mol. The van der Waals surface area contributed by atoms with Gasteiger partial charge in [0.25, 0.3) is 0 Å². The Kier molecular flexibility index (Phi) is 8.05. The van der Waals surface area contributed by atoms with Gasteiger partial charge in [-0.05, 0) is 25.5 Å². The molecule has 0 aliphatic carbocycles. The SMILES string of the molecule is CCC(C)NC(N)=NCCc1ccco1.I. The molecule has 4 nitrogen and oxygen atoms in total. The van der Waals surface area contributed by atoms with Gasteiger partial charge < -0.3 is 15.5 Å². The van der Waals surface area contributed by atoms with Gasteiger partial charge in [0.05, 0.1) is 6.26 Å². The van der Waals surface area contributed by atoms with Crippen molar-refractivity contribution in [2.45, 2.75) is 32.7 Å². The minimum Gasteiger partial charge on any atom is -0.469 e. The van der Waals surface area contributed by atoms with Crippen LogP contribution < -0.4 is 11.1 Å². The minimum atomic E-state index is 0. The van der Waals surface area contributed by atoms with Crippen LogP contribution in [0.1, 0.15) is 26.0 Å². The number of furan rings is 1. The summed E-state index contributed by atoms with van der Waals surface area (Å²) in [7, 11) is 0. The van der Waals surface area contributed by atoms with Gasteiger partial charge in [0.15, 0.2) is 5.96 Å². The van der Waals surface area contributed by atoms with Gasteiger partial charge in [0, 0.05) is 19.0 Å². The van der Waals surface area contributed by atoms with E-state index in [0.717, 1.165) is 18.6 Å². The molecule has 1 aromatic heterocycles. The molecule has 5 heteroatoms. The normalized spacial score (nSPS) is 13.0. The van der Waals surface area contributed by atoms with E-state index in [1.54, 1.807) is 6.26 Å². The lowest BCUT2D eigenvalue weighted by atomic mass is 10.3. The van der Waals surface area contributed by atoms with Crippen molar-refractivity contribution in [3.8, 4) is 0 Å². The lowest BCUT2D eigenvalue weighted by molar-refractivity contribution is 0.510. The Labute approximate surface area is 114 Å². The smallest absolute Gasteiger partial charge is 0.188 e. The Balaban J connectivity index is 0.00000225. The fraction of sp³-hybridized carbons (Fsp3) is 0.545. The summed E-state index contributed by atoms with van der Waals surface area (Å²) in [6.07, 6.45) is 3.49. The highest BCUT2D eigenvalue weighted by Gasteiger charge is 1.99. The number of guanidine groups is 1. The molecule has 0 aliphatic rings. The third-order valence-corrected chi connectivity index (χ3v) is 2.23. The van der Waals surface area contributed by atoms with E-state index in [0.29, 0.717) is 18.5 Å². The lowest BCUT2D eigenvalue weighted by Gasteiger charge is -2.11. The summed E-state index contributed by atoms with van der Waals surface area (Å²) in [6, 6.07) is 4.19. The second-order valence-electron chi connectivity index (χ2n) is 3.55. The van der Waals surface area contributed by atoms with E-state index in [4.69, 9.17) is 10.2 Å². The fourth-order valence-electron chi connectivity index (χ4n) is 1.14. The molecular weight excluding hydrogens is 317 g/mol. The summed E-state index contributed by atoms with van der Waals surface area (Å²) < 4.78 is 5.19. The highest BCUT2D eigenvalue weighted by atomic mass is 127. The van der Waals surface area contributed by atoms with Crippen molar-refractivity contribution in [2.75, 3.05) is 6.54 Å². The van der Waals surface area contributed by atoms with E-state index in [-0.39, 0.29) is 24.0 Å². The second kappa shape index (κ2) is 8.43. The standard InChI is InChI=1S/C11H19N3O.HI/c1-3-9(2)14-11(12)13-7-6-10-5-4-8-15-10;/h4-5,8-9H,3,6-7H2,1-2H3,(H3,12,13,14);1H. The van der Waals surface area contributed by atoms with Crippen LogP contribution in [0.2, 0.25) is 0 Å². The molecule has 1 heterocycles. The molecule has 92 valence electrons. The molecule has 0 saturated heterocycles. The van der Waals surface area contributed by atoms with Crippen molar-refractivity contribution >= 4 is 29.9 Å². The number of aliphatic imine (C=N–C) groups is 1. The number of rotatable bonds is 5. The summed E-state index contributed by atoms with van der Waals surface area (Å²) in [4.78, 5) is 4.21. The van der Waals surface area contributed by atoms with Crippen LogP contribution >= 0.6 is 24.0 Å². The average Bonchev–Trinajstić information content (AvgIpc) is 2.70. The van der Waals surface area contributed by atoms with Crippen LogP contribution in [0, 0.1) is 0 Å². The summed E-state index contributed by atoms with van der Waals surface area (Å²) in [5.74, 6) is 1.45. The van der Waals surface area contributed by atoms with Crippen LogP contribution in [0.15, 0.2) is 27.8 Å². The highest BCUT2D eigenvalue weighted by Crippen LogP contribution is 2.00. The first-order chi connectivity index (χ1) is 7.22. The van der Waals surface area contributed by atoms with Crippen molar-refractivity contribution in [3.05, 3.63) is 24.2 Å². The summed E-state index contributed by atoms with van der Waals surface area (Å²) in [5.41, 5.74) is 5.70. The van der Waals surface area contributed by atoms with Gasteiger partial charge in [0.2, 0.25) is 0 Å². The molecular formula is C11H20IN3O. The topological polar surface area (TPSA) is 63.5 Å². The first-order valence-corrected chi connectivity index (χ1v) is 5.31. The number of hydrogen-bond acceptors (Lipinski definition) is 2. The van der Waals surface area contributed by atoms with Crippen molar-refractivity contribution in [3.63, 3.8) is 0 Å². The zero-order valence-corrected chi connectivity index (χ0v) is 12.1. The monoisotopic (exact) mass is 337 g/mol. The number of nitrogens with two attached hydrogens (primary N) is 1. The summed E-state index contributed by atoms with van der Waals surface area (Å²) >= 11 is 0. The van der Waals surface area contributed by atoms with E-state index in [1.165, 1.54) is 0 Å². The van der Waals surface area contributed by atoms with E-state index in [2.05, 4.69) is 24.2 Å². The molecule has 0 aromatic carbocycles.